The van der Waals surface area contributed by atoms with Crippen LogP contribution in [0.25, 0.3) is 0 Å². The number of hydrogen-bond acceptors (Lipinski definition) is 4. The molecule has 6 heteroatoms. The van der Waals surface area contributed by atoms with Crippen LogP contribution in [-0.4, -0.2) is 57.7 Å². The third kappa shape index (κ3) is 3.26. The summed E-state index contributed by atoms with van der Waals surface area (Å²) < 4.78 is 5.41. The summed E-state index contributed by atoms with van der Waals surface area (Å²) in [6, 6.07) is 3.74. The first-order valence-electron chi connectivity index (χ1n) is 8.07. The first-order chi connectivity index (χ1) is 11.0. The summed E-state index contributed by atoms with van der Waals surface area (Å²) in [5.74, 6) is 1.04. The Labute approximate surface area is 142 Å². The number of carbonyl (C=O) groups is 1. The highest BCUT2D eigenvalue weighted by Gasteiger charge is 2.35. The summed E-state index contributed by atoms with van der Waals surface area (Å²) in [5.41, 5.74) is 1.34. The van der Waals surface area contributed by atoms with Crippen molar-refractivity contribution in [3.05, 3.63) is 22.7 Å². The van der Waals surface area contributed by atoms with E-state index in [1.807, 2.05) is 25.1 Å². The molecule has 5 nitrogen and oxygen atoms in total. The minimum Gasteiger partial charge on any atom is -0.496 e. The Morgan fingerprint density at radius 2 is 2.04 bits per heavy atom. The highest BCUT2D eigenvalue weighted by molar-refractivity contribution is 6.33. The van der Waals surface area contributed by atoms with Crippen LogP contribution < -0.4 is 15.0 Å². The van der Waals surface area contributed by atoms with E-state index in [1.165, 1.54) is 12.8 Å². The maximum Gasteiger partial charge on any atom is 0.255 e. The van der Waals surface area contributed by atoms with Crippen molar-refractivity contribution in [2.45, 2.75) is 18.9 Å². The lowest BCUT2D eigenvalue weighted by Gasteiger charge is -2.44. The fraction of sp³-hybridized carbons (Fsp3) is 0.588. The van der Waals surface area contributed by atoms with Crippen molar-refractivity contribution in [2.24, 2.45) is 5.92 Å². The smallest absolute Gasteiger partial charge is 0.255 e. The molecule has 3 aliphatic heterocycles. The third-order valence-electron chi connectivity index (χ3n) is 4.97. The molecule has 23 heavy (non-hydrogen) atoms. The minimum absolute atomic E-state index is 0.104. The second-order valence-corrected chi connectivity index (χ2v) is 7.02. The monoisotopic (exact) mass is 337 g/mol. The van der Waals surface area contributed by atoms with Crippen LogP contribution >= 0.6 is 11.6 Å². The van der Waals surface area contributed by atoms with Gasteiger partial charge >= 0.3 is 0 Å². The molecule has 0 radical (unpaired) electrons. The maximum absolute atomic E-state index is 12.7. The highest BCUT2D eigenvalue weighted by Crippen LogP contribution is 2.33. The molecule has 2 bridgehead atoms. The molecule has 3 heterocycles. The van der Waals surface area contributed by atoms with Crippen LogP contribution in [0.15, 0.2) is 12.1 Å². The van der Waals surface area contributed by atoms with Gasteiger partial charge in [0.15, 0.2) is 0 Å². The number of piperidine rings is 3. The van der Waals surface area contributed by atoms with E-state index in [-0.39, 0.29) is 11.9 Å². The van der Waals surface area contributed by atoms with Crippen molar-refractivity contribution < 1.29 is 9.53 Å². The molecule has 4 rings (SSSR count). The van der Waals surface area contributed by atoms with Gasteiger partial charge in [-0.2, -0.15) is 0 Å². The van der Waals surface area contributed by atoms with Crippen molar-refractivity contribution in [1.82, 2.24) is 10.2 Å². The van der Waals surface area contributed by atoms with Crippen LogP contribution in [0, 0.1) is 5.92 Å². The van der Waals surface area contributed by atoms with E-state index in [9.17, 15) is 4.79 Å². The molecular formula is C17H24ClN3O2. The molecule has 3 fully saturated rings. The normalized spacial score (nSPS) is 26.0. The Hall–Kier alpha value is -1.46. The number of methoxy groups -OCH3 is 1. The van der Waals surface area contributed by atoms with Gasteiger partial charge in [-0.15, -0.1) is 0 Å². The van der Waals surface area contributed by atoms with E-state index < -0.39 is 0 Å². The van der Waals surface area contributed by atoms with Crippen LogP contribution in [0.2, 0.25) is 5.02 Å². The molecule has 0 aliphatic carbocycles. The quantitative estimate of drug-likeness (QED) is 0.915. The van der Waals surface area contributed by atoms with Crippen molar-refractivity contribution in [1.29, 1.82) is 0 Å². The lowest BCUT2D eigenvalue weighted by atomic mass is 9.84. The molecular weight excluding hydrogens is 314 g/mol. The second-order valence-electron chi connectivity index (χ2n) is 6.62. The van der Waals surface area contributed by atoms with Crippen molar-refractivity contribution in [2.75, 3.05) is 45.7 Å². The summed E-state index contributed by atoms with van der Waals surface area (Å²) in [6.07, 6.45) is 2.34. The van der Waals surface area contributed by atoms with Gasteiger partial charge in [-0.25, -0.2) is 0 Å². The van der Waals surface area contributed by atoms with Crippen LogP contribution in [0.5, 0.6) is 5.75 Å². The molecule has 1 aromatic carbocycles. The lowest BCUT2D eigenvalue weighted by Crippen LogP contribution is -2.57. The van der Waals surface area contributed by atoms with Crippen LogP contribution in [0.4, 0.5) is 5.69 Å². The summed E-state index contributed by atoms with van der Waals surface area (Å²) >= 11 is 6.32. The first-order valence-corrected chi connectivity index (χ1v) is 8.45. The number of hydrogen-bond donors (Lipinski definition) is 1. The van der Waals surface area contributed by atoms with Gasteiger partial charge < -0.3 is 19.9 Å². The summed E-state index contributed by atoms with van der Waals surface area (Å²) in [4.78, 5) is 17.0. The number of ether oxygens (including phenoxy) is 1. The number of carbonyl (C=O) groups excluding carboxylic acids is 1. The van der Waals surface area contributed by atoms with E-state index >= 15 is 0 Å². The number of anilines is 1. The number of amides is 1. The molecule has 0 spiro atoms. The summed E-state index contributed by atoms with van der Waals surface area (Å²) in [5, 5.41) is 3.74. The van der Waals surface area contributed by atoms with Gasteiger partial charge in [0.05, 0.1) is 23.4 Å². The molecule has 0 saturated carbocycles. The molecule has 0 aromatic heterocycles. The lowest BCUT2D eigenvalue weighted by molar-refractivity contribution is 0.0619. The van der Waals surface area contributed by atoms with Crippen LogP contribution in [-0.2, 0) is 0 Å². The highest BCUT2D eigenvalue weighted by atomic mass is 35.5. The molecule has 1 unspecified atom stereocenters. The Kier molecular flexibility index (Phi) is 4.69. The first kappa shape index (κ1) is 16.4. The van der Waals surface area contributed by atoms with E-state index in [0.717, 1.165) is 25.3 Å². The van der Waals surface area contributed by atoms with Gasteiger partial charge in [-0.05, 0) is 37.9 Å². The number of nitrogens with zero attached hydrogens (tertiary/aromatic N) is 2. The number of rotatable bonds is 4. The van der Waals surface area contributed by atoms with E-state index in [4.69, 9.17) is 16.3 Å². The number of fused-ring (bicyclic) bond motifs is 3. The summed E-state index contributed by atoms with van der Waals surface area (Å²) in [6.45, 7) is 3.26. The Morgan fingerprint density at radius 1 is 1.35 bits per heavy atom. The average molecular weight is 338 g/mol. The van der Waals surface area contributed by atoms with Gasteiger partial charge in [0, 0.05) is 32.7 Å². The molecule has 126 valence electrons. The maximum atomic E-state index is 12.7. The number of halogens is 1. The fourth-order valence-corrected chi connectivity index (χ4v) is 3.94. The molecule has 1 aromatic rings. The molecule has 1 atom stereocenters. The SMILES string of the molecule is COc1cc(N(C)C)c(Cl)cc1C(=O)NC1CN2CCC1CC2. The zero-order valence-electron chi connectivity index (χ0n) is 13.9. The molecule has 1 amide bonds. The van der Waals surface area contributed by atoms with Gasteiger partial charge in [0.2, 0.25) is 0 Å². The van der Waals surface area contributed by atoms with Crippen molar-refractivity contribution >= 4 is 23.2 Å². The van der Waals surface area contributed by atoms with Crippen LogP contribution in [0.3, 0.4) is 0 Å². The largest absolute Gasteiger partial charge is 0.496 e. The standard InChI is InChI=1S/C17H24ClN3O2/c1-20(2)15-9-16(23-3)12(8-13(15)18)17(22)19-14-10-21-6-4-11(14)5-7-21/h8-9,11,14H,4-7,10H2,1-3H3,(H,19,22). The number of nitrogens with one attached hydrogen (secondary N) is 1. The van der Waals surface area contributed by atoms with Gasteiger partial charge in [-0.3, -0.25) is 4.79 Å². The fourth-order valence-electron chi connectivity index (χ4n) is 3.61. The Bertz CT molecular complexity index is 598. The summed E-state index contributed by atoms with van der Waals surface area (Å²) in [7, 11) is 5.40. The average Bonchev–Trinajstić information content (AvgIpc) is 2.55. The predicted octanol–water partition coefficient (Wildman–Crippen LogP) is 2.24. The Balaban J connectivity index is 1.80. The van der Waals surface area contributed by atoms with Gasteiger partial charge in [0.1, 0.15) is 5.75 Å². The van der Waals surface area contributed by atoms with E-state index in [0.29, 0.717) is 22.3 Å². The zero-order chi connectivity index (χ0) is 16.6. The molecule has 1 N–H and O–H groups in total. The van der Waals surface area contributed by atoms with Crippen molar-refractivity contribution in [3.63, 3.8) is 0 Å². The number of benzene rings is 1. The predicted molar refractivity (Wildman–Crippen MR) is 92.7 cm³/mol. The third-order valence-corrected chi connectivity index (χ3v) is 5.27. The zero-order valence-corrected chi connectivity index (χ0v) is 14.7. The molecule has 3 aliphatic rings. The van der Waals surface area contributed by atoms with E-state index in [1.54, 1.807) is 13.2 Å². The van der Waals surface area contributed by atoms with E-state index in [2.05, 4.69) is 10.2 Å². The minimum atomic E-state index is -0.104. The van der Waals surface area contributed by atoms with Gasteiger partial charge in [0.25, 0.3) is 5.91 Å². The van der Waals surface area contributed by atoms with Crippen LogP contribution in [0.1, 0.15) is 23.2 Å². The molecule has 3 saturated heterocycles. The second kappa shape index (κ2) is 6.57. The topological polar surface area (TPSA) is 44.8 Å². The van der Waals surface area contributed by atoms with Crippen molar-refractivity contribution in [3.8, 4) is 5.75 Å². The van der Waals surface area contributed by atoms with Gasteiger partial charge in [-0.1, -0.05) is 11.6 Å². The Morgan fingerprint density at radius 3 is 2.57 bits per heavy atom.